The maximum absolute atomic E-state index is 4.37. The largest absolute Gasteiger partial charge is 0.307 e. The van der Waals surface area contributed by atoms with Crippen LogP contribution in [0.25, 0.3) is 10.9 Å². The van der Waals surface area contributed by atoms with Gasteiger partial charge in [-0.25, -0.2) is 9.97 Å². The third-order valence-electron chi connectivity index (χ3n) is 3.14. The van der Waals surface area contributed by atoms with Crippen LogP contribution in [0.5, 0.6) is 0 Å². The topological polar surface area (TPSA) is 50.7 Å². The zero-order valence-corrected chi connectivity index (χ0v) is 11.4. The zero-order valence-electron chi connectivity index (χ0n) is 11.4. The van der Waals surface area contributed by atoms with Crippen LogP contribution in [0.1, 0.15) is 17.1 Å². The molecule has 1 aromatic carbocycles. The maximum atomic E-state index is 4.37. The zero-order chi connectivity index (χ0) is 13.8. The molecule has 0 spiro atoms. The fraction of sp³-hybridized carbons (Fsp3) is 0.188. The number of fused-ring (bicyclic) bond motifs is 1. The van der Waals surface area contributed by atoms with E-state index >= 15 is 0 Å². The van der Waals surface area contributed by atoms with Crippen LogP contribution in [0.2, 0.25) is 0 Å². The summed E-state index contributed by atoms with van der Waals surface area (Å²) in [7, 11) is 0. The van der Waals surface area contributed by atoms with E-state index in [9.17, 15) is 0 Å². The third-order valence-corrected chi connectivity index (χ3v) is 3.14. The quantitative estimate of drug-likeness (QED) is 0.787. The Morgan fingerprint density at radius 1 is 1.00 bits per heavy atom. The summed E-state index contributed by atoms with van der Waals surface area (Å²) in [5.74, 6) is 0.807. The molecule has 3 rings (SSSR count). The Morgan fingerprint density at radius 3 is 2.85 bits per heavy atom. The fourth-order valence-corrected chi connectivity index (χ4v) is 2.17. The van der Waals surface area contributed by atoms with Gasteiger partial charge in [-0.2, -0.15) is 0 Å². The van der Waals surface area contributed by atoms with Gasteiger partial charge in [0, 0.05) is 30.9 Å². The molecule has 100 valence electrons. The van der Waals surface area contributed by atoms with Crippen molar-refractivity contribution in [3.05, 3.63) is 65.9 Å². The highest BCUT2D eigenvalue weighted by atomic mass is 14.9. The first kappa shape index (κ1) is 12.7. The van der Waals surface area contributed by atoms with Crippen LogP contribution in [0.4, 0.5) is 0 Å². The van der Waals surface area contributed by atoms with Crippen molar-refractivity contribution in [1.82, 2.24) is 20.3 Å². The van der Waals surface area contributed by atoms with Gasteiger partial charge in [0.25, 0.3) is 0 Å². The van der Waals surface area contributed by atoms with E-state index in [0.29, 0.717) is 0 Å². The summed E-state index contributed by atoms with van der Waals surface area (Å²) in [5, 5.41) is 4.57. The fourth-order valence-electron chi connectivity index (χ4n) is 2.17. The average molecular weight is 264 g/mol. The first-order valence-electron chi connectivity index (χ1n) is 6.64. The van der Waals surface area contributed by atoms with Crippen LogP contribution >= 0.6 is 0 Å². The van der Waals surface area contributed by atoms with Crippen LogP contribution in [0, 0.1) is 6.92 Å². The van der Waals surface area contributed by atoms with E-state index in [1.807, 2.05) is 25.3 Å². The molecule has 0 saturated heterocycles. The van der Waals surface area contributed by atoms with Crippen molar-refractivity contribution in [2.24, 2.45) is 0 Å². The van der Waals surface area contributed by atoms with Gasteiger partial charge in [-0.05, 0) is 36.8 Å². The second-order valence-corrected chi connectivity index (χ2v) is 4.73. The number of hydrogen-bond acceptors (Lipinski definition) is 4. The number of benzene rings is 1. The first-order chi connectivity index (χ1) is 9.81. The van der Waals surface area contributed by atoms with Crippen LogP contribution in [-0.2, 0) is 13.1 Å². The van der Waals surface area contributed by atoms with Gasteiger partial charge in [-0.1, -0.05) is 12.1 Å². The second kappa shape index (κ2) is 5.75. The minimum Gasteiger partial charge on any atom is -0.307 e. The van der Waals surface area contributed by atoms with Gasteiger partial charge in [0.2, 0.25) is 0 Å². The van der Waals surface area contributed by atoms with Gasteiger partial charge < -0.3 is 5.32 Å². The lowest BCUT2D eigenvalue weighted by atomic mass is 10.1. The van der Waals surface area contributed by atoms with Crippen LogP contribution in [0.15, 0.2) is 48.8 Å². The summed E-state index contributed by atoms with van der Waals surface area (Å²) in [6, 6.07) is 12.3. The van der Waals surface area contributed by atoms with Crippen molar-refractivity contribution in [2.45, 2.75) is 20.0 Å². The summed E-state index contributed by atoms with van der Waals surface area (Å²) in [6.07, 6.45) is 3.61. The van der Waals surface area contributed by atoms with Crippen molar-refractivity contribution in [1.29, 1.82) is 0 Å². The number of nitrogens with zero attached hydrogens (tertiary/aromatic N) is 3. The smallest absolute Gasteiger partial charge is 0.125 e. The van der Waals surface area contributed by atoms with E-state index in [0.717, 1.165) is 30.1 Å². The van der Waals surface area contributed by atoms with Gasteiger partial charge >= 0.3 is 0 Å². The number of aryl methyl sites for hydroxylation is 1. The number of pyridine rings is 1. The molecular weight excluding hydrogens is 248 g/mol. The van der Waals surface area contributed by atoms with Crippen molar-refractivity contribution in [3.63, 3.8) is 0 Å². The predicted molar refractivity (Wildman–Crippen MR) is 79.1 cm³/mol. The predicted octanol–water partition coefficient (Wildman–Crippen LogP) is 2.62. The van der Waals surface area contributed by atoms with E-state index in [-0.39, 0.29) is 0 Å². The highest BCUT2D eigenvalue weighted by Gasteiger charge is 1.99. The number of hydrogen-bond donors (Lipinski definition) is 1. The van der Waals surface area contributed by atoms with Crippen molar-refractivity contribution < 1.29 is 0 Å². The van der Waals surface area contributed by atoms with Gasteiger partial charge in [0.05, 0.1) is 11.2 Å². The number of nitrogens with one attached hydrogen (secondary N) is 1. The van der Waals surface area contributed by atoms with E-state index in [4.69, 9.17) is 0 Å². The Labute approximate surface area is 117 Å². The molecule has 3 aromatic rings. The molecule has 0 unspecified atom stereocenters. The van der Waals surface area contributed by atoms with Gasteiger partial charge in [-0.3, -0.25) is 4.98 Å². The first-order valence-corrected chi connectivity index (χ1v) is 6.64. The molecule has 0 bridgehead atoms. The van der Waals surface area contributed by atoms with Crippen molar-refractivity contribution in [3.8, 4) is 0 Å². The van der Waals surface area contributed by atoms with E-state index in [2.05, 4.69) is 44.5 Å². The normalized spacial score (nSPS) is 10.8. The molecule has 0 aliphatic heterocycles. The minimum absolute atomic E-state index is 0.744. The standard InChI is InChI=1S/C16H16N4/c1-12-18-8-6-15(20-12)11-17-10-13-4-5-16-14(9-13)3-2-7-19-16/h2-9,17H,10-11H2,1H3. The Kier molecular flexibility index (Phi) is 3.65. The molecular formula is C16H16N4. The lowest BCUT2D eigenvalue weighted by molar-refractivity contribution is 0.675. The Hall–Kier alpha value is -2.33. The third kappa shape index (κ3) is 2.97. The molecule has 1 N–H and O–H groups in total. The molecule has 0 amide bonds. The number of aromatic nitrogens is 3. The summed E-state index contributed by atoms with van der Waals surface area (Å²) >= 11 is 0. The number of rotatable bonds is 4. The van der Waals surface area contributed by atoms with E-state index in [1.54, 1.807) is 6.20 Å². The molecule has 2 heterocycles. The summed E-state index contributed by atoms with van der Waals surface area (Å²) in [5.41, 5.74) is 3.29. The van der Waals surface area contributed by atoms with Crippen molar-refractivity contribution >= 4 is 10.9 Å². The van der Waals surface area contributed by atoms with E-state index in [1.165, 1.54) is 10.9 Å². The highest BCUT2D eigenvalue weighted by Crippen LogP contribution is 2.13. The molecule has 4 heteroatoms. The molecule has 0 saturated carbocycles. The van der Waals surface area contributed by atoms with Gasteiger partial charge in [0.1, 0.15) is 5.82 Å². The highest BCUT2D eigenvalue weighted by molar-refractivity contribution is 5.78. The van der Waals surface area contributed by atoms with Crippen LogP contribution < -0.4 is 5.32 Å². The van der Waals surface area contributed by atoms with E-state index < -0.39 is 0 Å². The van der Waals surface area contributed by atoms with Gasteiger partial charge in [-0.15, -0.1) is 0 Å². The SMILES string of the molecule is Cc1nccc(CNCc2ccc3ncccc3c2)n1. The maximum Gasteiger partial charge on any atom is 0.125 e. The monoisotopic (exact) mass is 264 g/mol. The summed E-state index contributed by atoms with van der Waals surface area (Å²) in [4.78, 5) is 12.8. The molecule has 2 aromatic heterocycles. The molecule has 4 nitrogen and oxygen atoms in total. The van der Waals surface area contributed by atoms with Gasteiger partial charge in [0.15, 0.2) is 0 Å². The lowest BCUT2D eigenvalue weighted by Crippen LogP contribution is -2.14. The molecule has 0 aliphatic rings. The Balaban J connectivity index is 1.65. The van der Waals surface area contributed by atoms with Crippen molar-refractivity contribution in [2.75, 3.05) is 0 Å². The molecule has 20 heavy (non-hydrogen) atoms. The molecule has 0 radical (unpaired) electrons. The molecule has 0 atom stereocenters. The Morgan fingerprint density at radius 2 is 1.95 bits per heavy atom. The molecule has 0 aliphatic carbocycles. The minimum atomic E-state index is 0.744. The van der Waals surface area contributed by atoms with Crippen LogP contribution in [-0.4, -0.2) is 15.0 Å². The summed E-state index contributed by atoms with van der Waals surface area (Å²) in [6.45, 7) is 3.46. The second-order valence-electron chi connectivity index (χ2n) is 4.73. The van der Waals surface area contributed by atoms with Crippen LogP contribution in [0.3, 0.4) is 0 Å². The molecule has 0 fully saturated rings. The summed E-state index contributed by atoms with van der Waals surface area (Å²) < 4.78 is 0. The lowest BCUT2D eigenvalue weighted by Gasteiger charge is -2.06. The average Bonchev–Trinajstić information content (AvgIpc) is 2.47. The Bertz CT molecular complexity index is 724.